The third-order valence-corrected chi connectivity index (χ3v) is 3.34. The number of nitrogen functional groups attached to an aromatic ring is 2. The Balaban J connectivity index is 3.10. The van der Waals surface area contributed by atoms with Crippen molar-refractivity contribution >= 4 is 32.3 Å². The number of phenolic OH excluding ortho intramolecular Hbond substituents is 1. The van der Waals surface area contributed by atoms with E-state index < -0.39 is 10.1 Å². The van der Waals surface area contributed by atoms with Crippen LogP contribution in [0.1, 0.15) is 0 Å². The second-order valence-corrected chi connectivity index (χ2v) is 4.94. The molecule has 0 bridgehead atoms. The maximum Gasteiger partial charge on any atom is 0.295 e. The van der Waals surface area contributed by atoms with Crippen molar-refractivity contribution in [1.29, 1.82) is 0 Å². The van der Waals surface area contributed by atoms with Crippen molar-refractivity contribution in [3.05, 3.63) is 24.3 Å². The van der Waals surface area contributed by atoms with Gasteiger partial charge >= 0.3 is 0 Å². The summed E-state index contributed by atoms with van der Waals surface area (Å²) in [6.45, 7) is 0. The summed E-state index contributed by atoms with van der Waals surface area (Å²) in [4.78, 5) is -0.380. The molecular weight excluding hydrogens is 244 g/mol. The van der Waals surface area contributed by atoms with Gasteiger partial charge in [0.1, 0.15) is 10.6 Å². The highest BCUT2D eigenvalue weighted by atomic mass is 32.2. The van der Waals surface area contributed by atoms with Gasteiger partial charge in [0.05, 0.1) is 0 Å². The van der Waals surface area contributed by atoms with E-state index in [4.69, 9.17) is 16.0 Å². The molecule has 0 saturated carbocycles. The summed E-state index contributed by atoms with van der Waals surface area (Å²) in [6, 6.07) is 5.07. The Morgan fingerprint density at radius 3 is 2.00 bits per heavy atom. The van der Waals surface area contributed by atoms with Gasteiger partial charge in [-0.2, -0.15) is 8.42 Å². The summed E-state index contributed by atoms with van der Waals surface area (Å²) in [5, 5.41) is 9.79. The average molecular weight is 254 g/mol. The molecule has 0 aliphatic rings. The highest BCUT2D eigenvalue weighted by molar-refractivity contribution is 7.86. The standard InChI is InChI=1S/C10H10N2O4S/c11-5-1-2-6(12)10-8(17(14,15)16)4-3-7(13)9(5)10/h1-4,13H,11-12H2,(H,14,15,16). The fourth-order valence-electron chi connectivity index (χ4n) is 1.71. The molecule has 0 fully saturated rings. The molecule has 0 atom stereocenters. The van der Waals surface area contributed by atoms with Gasteiger partial charge in [0.15, 0.2) is 0 Å². The smallest absolute Gasteiger partial charge is 0.295 e. The first-order chi connectivity index (χ1) is 7.82. The molecule has 2 aromatic rings. The second kappa shape index (κ2) is 3.51. The van der Waals surface area contributed by atoms with Gasteiger partial charge in [0, 0.05) is 22.1 Å². The molecule has 2 rings (SSSR count). The summed E-state index contributed by atoms with van der Waals surface area (Å²) >= 11 is 0. The number of anilines is 2. The van der Waals surface area contributed by atoms with Gasteiger partial charge in [-0.25, -0.2) is 0 Å². The van der Waals surface area contributed by atoms with Crippen LogP contribution >= 0.6 is 0 Å². The lowest BCUT2D eigenvalue weighted by Crippen LogP contribution is -2.02. The van der Waals surface area contributed by atoms with E-state index in [2.05, 4.69) is 0 Å². The van der Waals surface area contributed by atoms with Crippen LogP contribution in [0.3, 0.4) is 0 Å². The lowest BCUT2D eigenvalue weighted by atomic mass is 10.1. The topological polar surface area (TPSA) is 127 Å². The number of aromatic hydroxyl groups is 1. The maximum absolute atomic E-state index is 11.2. The van der Waals surface area contributed by atoms with E-state index in [1.807, 2.05) is 0 Å². The predicted octanol–water partition coefficient (Wildman–Crippen LogP) is 0.957. The minimum Gasteiger partial charge on any atom is -0.507 e. The molecule has 0 heterocycles. The summed E-state index contributed by atoms with van der Waals surface area (Å²) in [5.41, 5.74) is 11.6. The van der Waals surface area contributed by atoms with Crippen LogP contribution in [0.15, 0.2) is 29.2 Å². The first-order valence-electron chi connectivity index (χ1n) is 4.59. The van der Waals surface area contributed by atoms with Crippen LogP contribution in [0, 0.1) is 0 Å². The fourth-order valence-corrected chi connectivity index (χ4v) is 2.43. The molecule has 6 N–H and O–H groups in total. The Hall–Kier alpha value is -1.99. The number of benzene rings is 2. The lowest BCUT2D eigenvalue weighted by Gasteiger charge is -2.10. The number of nitrogens with two attached hydrogens (primary N) is 2. The maximum atomic E-state index is 11.2. The van der Waals surface area contributed by atoms with Gasteiger partial charge < -0.3 is 16.6 Å². The van der Waals surface area contributed by atoms with Crippen LogP contribution in [0.2, 0.25) is 0 Å². The van der Waals surface area contributed by atoms with E-state index in [0.29, 0.717) is 0 Å². The molecule has 0 amide bonds. The third-order valence-electron chi connectivity index (χ3n) is 2.44. The van der Waals surface area contributed by atoms with E-state index >= 15 is 0 Å². The first kappa shape index (κ1) is 11.5. The molecule has 6 nitrogen and oxygen atoms in total. The van der Waals surface area contributed by atoms with Crippen molar-refractivity contribution in [2.24, 2.45) is 0 Å². The molecule has 0 aromatic heterocycles. The van der Waals surface area contributed by atoms with Gasteiger partial charge in [-0.05, 0) is 24.3 Å². The summed E-state index contributed by atoms with van der Waals surface area (Å²) in [6.07, 6.45) is 0. The Labute approximate surface area is 97.2 Å². The van der Waals surface area contributed by atoms with Gasteiger partial charge in [-0.1, -0.05) is 0 Å². The molecule has 2 aromatic carbocycles. The van der Waals surface area contributed by atoms with Crippen molar-refractivity contribution in [1.82, 2.24) is 0 Å². The van der Waals surface area contributed by atoms with Crippen LogP contribution in [-0.4, -0.2) is 18.1 Å². The minimum absolute atomic E-state index is 0.0208. The van der Waals surface area contributed by atoms with Crippen LogP contribution in [-0.2, 0) is 10.1 Å². The van der Waals surface area contributed by atoms with Gasteiger partial charge in [0.2, 0.25) is 0 Å². The van der Waals surface area contributed by atoms with Crippen LogP contribution in [0.4, 0.5) is 11.4 Å². The molecule has 0 aliphatic carbocycles. The van der Waals surface area contributed by atoms with Gasteiger partial charge in [-0.3, -0.25) is 4.55 Å². The highest BCUT2D eigenvalue weighted by Gasteiger charge is 2.19. The van der Waals surface area contributed by atoms with E-state index in [0.717, 1.165) is 12.1 Å². The number of rotatable bonds is 1. The zero-order valence-corrected chi connectivity index (χ0v) is 9.40. The quantitative estimate of drug-likeness (QED) is 0.443. The van der Waals surface area contributed by atoms with Gasteiger partial charge in [-0.15, -0.1) is 0 Å². The molecule has 0 aliphatic heterocycles. The number of fused-ring (bicyclic) bond motifs is 1. The van der Waals surface area contributed by atoms with Crippen LogP contribution < -0.4 is 11.5 Å². The molecule has 0 radical (unpaired) electrons. The Morgan fingerprint density at radius 2 is 1.47 bits per heavy atom. The number of phenols is 1. The SMILES string of the molecule is Nc1ccc(N)c2c(S(=O)(=O)O)ccc(O)c12. The van der Waals surface area contributed by atoms with Crippen molar-refractivity contribution < 1.29 is 18.1 Å². The van der Waals surface area contributed by atoms with E-state index in [-0.39, 0.29) is 32.8 Å². The summed E-state index contributed by atoms with van der Waals surface area (Å²) in [5.74, 6) is -0.197. The van der Waals surface area contributed by atoms with E-state index in [9.17, 15) is 13.5 Å². The highest BCUT2D eigenvalue weighted by Crippen LogP contribution is 2.37. The second-order valence-electron chi connectivity index (χ2n) is 3.55. The number of hydrogen-bond acceptors (Lipinski definition) is 5. The van der Waals surface area contributed by atoms with Crippen molar-refractivity contribution in [2.45, 2.75) is 4.90 Å². The minimum atomic E-state index is -4.43. The molecule has 17 heavy (non-hydrogen) atoms. The van der Waals surface area contributed by atoms with Crippen molar-refractivity contribution in [3.8, 4) is 5.75 Å². The van der Waals surface area contributed by atoms with Crippen LogP contribution in [0.25, 0.3) is 10.8 Å². The van der Waals surface area contributed by atoms with Crippen molar-refractivity contribution in [2.75, 3.05) is 11.5 Å². The Morgan fingerprint density at radius 1 is 0.941 bits per heavy atom. The summed E-state index contributed by atoms with van der Waals surface area (Å²) < 4.78 is 31.5. The molecule has 90 valence electrons. The molecule has 0 spiro atoms. The normalized spacial score (nSPS) is 11.8. The largest absolute Gasteiger partial charge is 0.507 e. The lowest BCUT2D eigenvalue weighted by molar-refractivity contribution is 0.479. The van der Waals surface area contributed by atoms with E-state index in [1.54, 1.807) is 0 Å². The molecule has 0 unspecified atom stereocenters. The zero-order valence-electron chi connectivity index (χ0n) is 8.58. The molecule has 7 heteroatoms. The van der Waals surface area contributed by atoms with Crippen LogP contribution in [0.5, 0.6) is 5.75 Å². The zero-order chi connectivity index (χ0) is 12.8. The average Bonchev–Trinajstić information content (AvgIpc) is 2.22. The fraction of sp³-hybridized carbons (Fsp3) is 0. The Bertz CT molecular complexity index is 702. The summed E-state index contributed by atoms with van der Waals surface area (Å²) in [7, 11) is -4.43. The first-order valence-corrected chi connectivity index (χ1v) is 6.03. The molecule has 0 saturated heterocycles. The Kier molecular flexibility index (Phi) is 2.37. The van der Waals surface area contributed by atoms with Crippen molar-refractivity contribution in [3.63, 3.8) is 0 Å². The number of hydrogen-bond donors (Lipinski definition) is 4. The third kappa shape index (κ3) is 1.75. The molecular formula is C10H10N2O4S. The van der Waals surface area contributed by atoms with Gasteiger partial charge in [0.25, 0.3) is 10.1 Å². The monoisotopic (exact) mass is 254 g/mol. The van der Waals surface area contributed by atoms with E-state index in [1.165, 1.54) is 12.1 Å². The predicted molar refractivity (Wildman–Crippen MR) is 64.3 cm³/mol.